The lowest BCUT2D eigenvalue weighted by Gasteiger charge is -2.04. The Bertz CT molecular complexity index is 275. The van der Waals surface area contributed by atoms with Crippen molar-refractivity contribution in [3.05, 3.63) is 11.6 Å². The molecule has 1 aromatic rings. The molecule has 0 unspecified atom stereocenters. The first kappa shape index (κ1) is 7.73. The average Bonchev–Trinajstić information content (AvgIpc) is 2.82. The van der Waals surface area contributed by atoms with Gasteiger partial charge in [0.2, 0.25) is 0 Å². The summed E-state index contributed by atoms with van der Waals surface area (Å²) in [5.74, 6) is 2.79. The molecule has 0 amide bonds. The first-order chi connectivity index (χ1) is 5.83. The lowest BCUT2D eigenvalue weighted by atomic mass is 10.4. The van der Waals surface area contributed by atoms with Gasteiger partial charge in [0.05, 0.1) is 0 Å². The third-order valence-electron chi connectivity index (χ3n) is 2.26. The second kappa shape index (κ2) is 2.86. The molecule has 0 aliphatic heterocycles. The minimum Gasteiger partial charge on any atom is -0.329 e. The quantitative estimate of drug-likeness (QED) is 0.708. The molecular formula is C8H14N4. The van der Waals surface area contributed by atoms with Crippen LogP contribution in [-0.4, -0.2) is 21.3 Å². The molecule has 1 heterocycles. The normalized spacial score (nSPS) is 16.8. The number of hydrogen-bond acceptors (Lipinski definition) is 3. The summed E-state index contributed by atoms with van der Waals surface area (Å²) in [5.41, 5.74) is 5.50. The summed E-state index contributed by atoms with van der Waals surface area (Å²) in [6, 6.07) is 0. The molecule has 4 heteroatoms. The fourth-order valence-corrected chi connectivity index (χ4v) is 1.45. The zero-order chi connectivity index (χ0) is 8.55. The maximum Gasteiger partial charge on any atom is 0.136 e. The number of nitrogens with two attached hydrogens (primary N) is 1. The van der Waals surface area contributed by atoms with Crippen molar-refractivity contribution >= 4 is 0 Å². The molecule has 12 heavy (non-hydrogen) atoms. The first-order valence-electron chi connectivity index (χ1n) is 4.42. The summed E-state index contributed by atoms with van der Waals surface area (Å²) < 4.78 is 2.14. The molecule has 4 nitrogen and oxygen atoms in total. The highest BCUT2D eigenvalue weighted by molar-refractivity contribution is 5.07. The van der Waals surface area contributed by atoms with Crippen molar-refractivity contribution in [1.82, 2.24) is 14.8 Å². The number of rotatable bonds is 3. The van der Waals surface area contributed by atoms with Gasteiger partial charge in [-0.15, -0.1) is 10.2 Å². The van der Waals surface area contributed by atoms with Crippen molar-refractivity contribution in [1.29, 1.82) is 0 Å². The maximum atomic E-state index is 5.50. The van der Waals surface area contributed by atoms with Crippen LogP contribution in [0.4, 0.5) is 0 Å². The van der Waals surface area contributed by atoms with Crippen LogP contribution in [0, 0.1) is 6.92 Å². The van der Waals surface area contributed by atoms with Gasteiger partial charge in [0.25, 0.3) is 0 Å². The predicted molar refractivity (Wildman–Crippen MR) is 45.8 cm³/mol. The van der Waals surface area contributed by atoms with Crippen molar-refractivity contribution in [3.63, 3.8) is 0 Å². The zero-order valence-electron chi connectivity index (χ0n) is 7.32. The van der Waals surface area contributed by atoms with Crippen LogP contribution in [0.2, 0.25) is 0 Å². The fourth-order valence-electron chi connectivity index (χ4n) is 1.45. The Morgan fingerprint density at radius 3 is 2.83 bits per heavy atom. The smallest absolute Gasteiger partial charge is 0.136 e. The van der Waals surface area contributed by atoms with Crippen LogP contribution < -0.4 is 5.73 Å². The Morgan fingerprint density at radius 1 is 1.50 bits per heavy atom. The molecule has 0 bridgehead atoms. The molecular weight excluding hydrogens is 152 g/mol. The number of aryl methyl sites for hydroxylation is 1. The zero-order valence-corrected chi connectivity index (χ0v) is 7.32. The van der Waals surface area contributed by atoms with Crippen LogP contribution in [0.25, 0.3) is 0 Å². The van der Waals surface area contributed by atoms with Crippen LogP contribution in [-0.2, 0) is 6.54 Å². The number of nitrogens with zero attached hydrogens (tertiary/aromatic N) is 3. The lowest BCUT2D eigenvalue weighted by Crippen LogP contribution is -2.13. The second-order valence-electron chi connectivity index (χ2n) is 3.32. The van der Waals surface area contributed by atoms with Crippen LogP contribution in [0.15, 0.2) is 0 Å². The van der Waals surface area contributed by atoms with E-state index in [1.165, 1.54) is 12.8 Å². The van der Waals surface area contributed by atoms with Crippen molar-refractivity contribution < 1.29 is 0 Å². The van der Waals surface area contributed by atoms with Crippen molar-refractivity contribution in [3.8, 4) is 0 Å². The van der Waals surface area contributed by atoms with Gasteiger partial charge in [0.15, 0.2) is 0 Å². The van der Waals surface area contributed by atoms with Gasteiger partial charge in [0.1, 0.15) is 11.6 Å². The molecule has 0 atom stereocenters. The lowest BCUT2D eigenvalue weighted by molar-refractivity contribution is 0.645. The van der Waals surface area contributed by atoms with Crippen LogP contribution in [0.1, 0.15) is 30.4 Å². The van der Waals surface area contributed by atoms with E-state index in [2.05, 4.69) is 14.8 Å². The summed E-state index contributed by atoms with van der Waals surface area (Å²) in [5, 5.41) is 8.21. The van der Waals surface area contributed by atoms with Gasteiger partial charge in [-0.2, -0.15) is 0 Å². The van der Waals surface area contributed by atoms with Gasteiger partial charge in [0, 0.05) is 19.0 Å². The molecule has 66 valence electrons. The third-order valence-corrected chi connectivity index (χ3v) is 2.26. The number of hydrogen-bond donors (Lipinski definition) is 1. The largest absolute Gasteiger partial charge is 0.329 e. The monoisotopic (exact) mass is 166 g/mol. The van der Waals surface area contributed by atoms with E-state index in [1.54, 1.807) is 0 Å². The highest BCUT2D eigenvalue weighted by atomic mass is 15.3. The molecule has 0 aromatic carbocycles. The van der Waals surface area contributed by atoms with E-state index in [9.17, 15) is 0 Å². The summed E-state index contributed by atoms with van der Waals surface area (Å²) in [6.45, 7) is 3.50. The van der Waals surface area contributed by atoms with Crippen molar-refractivity contribution in [2.24, 2.45) is 5.73 Å². The Balaban J connectivity index is 2.26. The van der Waals surface area contributed by atoms with Gasteiger partial charge in [-0.05, 0) is 19.8 Å². The maximum absolute atomic E-state index is 5.50. The van der Waals surface area contributed by atoms with Crippen LogP contribution in [0.3, 0.4) is 0 Å². The van der Waals surface area contributed by atoms with Gasteiger partial charge in [-0.3, -0.25) is 0 Å². The SMILES string of the molecule is Cc1nnc(C2CC2)n1CCN. The second-order valence-corrected chi connectivity index (χ2v) is 3.32. The molecule has 0 radical (unpaired) electrons. The molecule has 1 saturated carbocycles. The molecule has 0 saturated heterocycles. The van der Waals surface area contributed by atoms with E-state index < -0.39 is 0 Å². The van der Waals surface area contributed by atoms with E-state index in [-0.39, 0.29) is 0 Å². The fraction of sp³-hybridized carbons (Fsp3) is 0.750. The molecule has 1 aromatic heterocycles. The highest BCUT2D eigenvalue weighted by Gasteiger charge is 2.29. The highest BCUT2D eigenvalue weighted by Crippen LogP contribution is 2.38. The van der Waals surface area contributed by atoms with Crippen LogP contribution >= 0.6 is 0 Å². The average molecular weight is 166 g/mol. The summed E-state index contributed by atoms with van der Waals surface area (Å²) in [7, 11) is 0. The van der Waals surface area contributed by atoms with Gasteiger partial charge < -0.3 is 10.3 Å². The summed E-state index contributed by atoms with van der Waals surface area (Å²) in [6.07, 6.45) is 2.53. The first-order valence-corrected chi connectivity index (χ1v) is 4.42. The predicted octanol–water partition coefficient (Wildman–Crippen LogP) is 0.423. The summed E-state index contributed by atoms with van der Waals surface area (Å²) in [4.78, 5) is 0. The Kier molecular flexibility index (Phi) is 1.84. The van der Waals surface area contributed by atoms with E-state index in [1.807, 2.05) is 6.92 Å². The summed E-state index contributed by atoms with van der Waals surface area (Å²) >= 11 is 0. The molecule has 1 fully saturated rings. The third kappa shape index (κ3) is 1.22. The standard InChI is InChI=1S/C8H14N4/c1-6-10-11-8(7-2-3-7)12(6)5-4-9/h7H,2-5,9H2,1H3. The topological polar surface area (TPSA) is 56.7 Å². The van der Waals surface area contributed by atoms with Crippen molar-refractivity contribution in [2.45, 2.75) is 32.2 Å². The van der Waals surface area contributed by atoms with E-state index >= 15 is 0 Å². The molecule has 1 aliphatic carbocycles. The van der Waals surface area contributed by atoms with Gasteiger partial charge >= 0.3 is 0 Å². The van der Waals surface area contributed by atoms with Gasteiger partial charge in [-0.25, -0.2) is 0 Å². The minimum atomic E-state index is 0.665. The van der Waals surface area contributed by atoms with E-state index in [0.717, 1.165) is 18.2 Å². The van der Waals surface area contributed by atoms with Gasteiger partial charge in [-0.1, -0.05) is 0 Å². The molecule has 2 N–H and O–H groups in total. The van der Waals surface area contributed by atoms with Crippen molar-refractivity contribution in [2.75, 3.05) is 6.54 Å². The molecule has 1 aliphatic rings. The minimum absolute atomic E-state index is 0.665. The molecule has 0 spiro atoms. The number of aromatic nitrogens is 3. The Morgan fingerprint density at radius 2 is 2.25 bits per heavy atom. The Hall–Kier alpha value is -0.900. The van der Waals surface area contributed by atoms with E-state index in [0.29, 0.717) is 12.5 Å². The molecule has 2 rings (SSSR count). The van der Waals surface area contributed by atoms with E-state index in [4.69, 9.17) is 5.73 Å². The van der Waals surface area contributed by atoms with Crippen LogP contribution in [0.5, 0.6) is 0 Å². The Labute approximate surface area is 71.8 Å².